The van der Waals surface area contributed by atoms with Crippen molar-refractivity contribution in [3.8, 4) is 0 Å². The maximum absolute atomic E-state index is 12.8. The maximum atomic E-state index is 12.8. The summed E-state index contributed by atoms with van der Waals surface area (Å²) in [4.78, 5) is 4.13. The Bertz CT molecular complexity index is 644. The number of anilines is 1. The van der Waals surface area contributed by atoms with Crippen LogP contribution in [0.3, 0.4) is 0 Å². The number of hydrogen-bond donors (Lipinski definition) is 1. The van der Waals surface area contributed by atoms with E-state index < -0.39 is 16.8 Å². The molecule has 0 aliphatic carbocycles. The molecule has 0 atom stereocenters. The van der Waals surface area contributed by atoms with Crippen LogP contribution in [0.25, 0.3) is 11.0 Å². The maximum Gasteiger partial charge on any atom is 0.418 e. The van der Waals surface area contributed by atoms with Crippen molar-refractivity contribution in [3.05, 3.63) is 22.5 Å². The molecular formula is C12H13ClF3N3. The minimum atomic E-state index is -4.55. The van der Waals surface area contributed by atoms with Crippen LogP contribution in [0.1, 0.15) is 31.3 Å². The van der Waals surface area contributed by atoms with Crippen LogP contribution in [-0.4, -0.2) is 9.55 Å². The lowest BCUT2D eigenvalue weighted by Gasteiger charge is -2.15. The minimum absolute atomic E-state index is 0.0279. The summed E-state index contributed by atoms with van der Waals surface area (Å²) in [5.41, 5.74) is 5.40. The number of alkyl halides is 3. The second-order valence-electron chi connectivity index (χ2n) is 4.64. The van der Waals surface area contributed by atoms with Gasteiger partial charge >= 0.3 is 6.18 Å². The lowest BCUT2D eigenvalue weighted by molar-refractivity contribution is -0.137. The number of nitrogen functional groups attached to an aromatic ring is 1. The van der Waals surface area contributed by atoms with Gasteiger partial charge in [-0.1, -0.05) is 11.6 Å². The molecule has 0 radical (unpaired) electrons. The molecular weight excluding hydrogens is 279 g/mol. The third-order valence-electron chi connectivity index (χ3n) is 2.95. The Morgan fingerprint density at radius 2 is 1.95 bits per heavy atom. The van der Waals surface area contributed by atoms with Crippen molar-refractivity contribution in [1.82, 2.24) is 9.55 Å². The Morgan fingerprint density at radius 3 is 2.42 bits per heavy atom. The van der Waals surface area contributed by atoms with E-state index in [1.807, 2.05) is 13.8 Å². The van der Waals surface area contributed by atoms with E-state index in [-0.39, 0.29) is 17.2 Å². The number of nitrogens with zero attached hydrogens (tertiary/aromatic N) is 2. The van der Waals surface area contributed by atoms with Gasteiger partial charge in [-0.05, 0) is 26.8 Å². The number of aryl methyl sites for hydroxylation is 1. The van der Waals surface area contributed by atoms with Crippen molar-refractivity contribution >= 4 is 28.3 Å². The van der Waals surface area contributed by atoms with Crippen LogP contribution >= 0.6 is 11.6 Å². The van der Waals surface area contributed by atoms with Gasteiger partial charge in [0, 0.05) is 6.04 Å². The Kier molecular flexibility index (Phi) is 3.16. The molecule has 1 aromatic carbocycles. The highest BCUT2D eigenvalue weighted by atomic mass is 35.5. The predicted octanol–water partition coefficient (Wildman–Crippen LogP) is 4.18. The average Bonchev–Trinajstić information content (AvgIpc) is 2.58. The Balaban J connectivity index is 2.89. The zero-order valence-electron chi connectivity index (χ0n) is 10.6. The average molecular weight is 292 g/mol. The van der Waals surface area contributed by atoms with Crippen LogP contribution in [-0.2, 0) is 6.18 Å². The van der Waals surface area contributed by atoms with Crippen molar-refractivity contribution < 1.29 is 13.2 Å². The smallest absolute Gasteiger partial charge is 0.396 e. The number of hydrogen-bond acceptors (Lipinski definition) is 2. The fourth-order valence-electron chi connectivity index (χ4n) is 2.22. The van der Waals surface area contributed by atoms with Crippen LogP contribution in [0.5, 0.6) is 0 Å². The minimum Gasteiger partial charge on any atom is -0.396 e. The van der Waals surface area contributed by atoms with Gasteiger partial charge in [0.05, 0.1) is 27.3 Å². The van der Waals surface area contributed by atoms with Gasteiger partial charge in [-0.25, -0.2) is 4.98 Å². The summed E-state index contributed by atoms with van der Waals surface area (Å²) in [6.07, 6.45) is -4.55. The van der Waals surface area contributed by atoms with Gasteiger partial charge < -0.3 is 10.3 Å². The third kappa shape index (κ3) is 2.14. The van der Waals surface area contributed by atoms with Crippen LogP contribution in [0.2, 0.25) is 5.02 Å². The molecule has 0 saturated carbocycles. The molecule has 0 bridgehead atoms. The molecule has 19 heavy (non-hydrogen) atoms. The van der Waals surface area contributed by atoms with Gasteiger partial charge in [0.1, 0.15) is 5.82 Å². The molecule has 1 aromatic heterocycles. The second-order valence-corrected chi connectivity index (χ2v) is 5.02. The Hall–Kier alpha value is -1.43. The van der Waals surface area contributed by atoms with Crippen molar-refractivity contribution in [1.29, 1.82) is 0 Å². The van der Waals surface area contributed by atoms with Crippen molar-refractivity contribution in [3.63, 3.8) is 0 Å². The normalized spacial score (nSPS) is 12.6. The second kappa shape index (κ2) is 4.30. The van der Waals surface area contributed by atoms with Crippen LogP contribution in [0.4, 0.5) is 18.9 Å². The third-order valence-corrected chi connectivity index (χ3v) is 3.35. The summed E-state index contributed by atoms with van der Waals surface area (Å²) in [6, 6.07) is 0.972. The van der Waals surface area contributed by atoms with Crippen LogP contribution < -0.4 is 5.73 Å². The van der Waals surface area contributed by atoms with Crippen molar-refractivity contribution in [2.75, 3.05) is 5.73 Å². The summed E-state index contributed by atoms with van der Waals surface area (Å²) < 4.78 is 40.3. The zero-order chi connectivity index (χ0) is 14.5. The molecule has 2 aromatic rings. The standard InChI is InChI=1S/C12H13ClF3N3/c1-5(2)19-6(3)18-8-4-7(12(14,15)16)9(13)10(17)11(8)19/h4-5H,17H2,1-3H3. The van der Waals surface area contributed by atoms with E-state index in [0.717, 1.165) is 6.07 Å². The van der Waals surface area contributed by atoms with E-state index in [1.165, 1.54) is 0 Å². The Labute approximate surface area is 113 Å². The van der Waals surface area contributed by atoms with E-state index >= 15 is 0 Å². The molecule has 1 heterocycles. The predicted molar refractivity (Wildman–Crippen MR) is 69.3 cm³/mol. The topological polar surface area (TPSA) is 43.8 Å². The highest BCUT2D eigenvalue weighted by Gasteiger charge is 2.35. The van der Waals surface area contributed by atoms with Crippen LogP contribution in [0, 0.1) is 6.92 Å². The highest BCUT2D eigenvalue weighted by Crippen LogP contribution is 2.41. The molecule has 0 fully saturated rings. The summed E-state index contributed by atoms with van der Waals surface area (Å²) in [5, 5.41) is -0.471. The number of fused-ring (bicyclic) bond motifs is 1. The molecule has 0 spiro atoms. The first-order valence-corrected chi connectivity index (χ1v) is 6.06. The first kappa shape index (κ1) is 14.0. The summed E-state index contributed by atoms with van der Waals surface area (Å²) in [7, 11) is 0. The molecule has 0 aliphatic heterocycles. The summed E-state index contributed by atoms with van der Waals surface area (Å²) in [5.74, 6) is 0.604. The number of benzene rings is 1. The van der Waals surface area contributed by atoms with Gasteiger partial charge in [0.2, 0.25) is 0 Å². The van der Waals surface area contributed by atoms with E-state index in [9.17, 15) is 13.2 Å². The van der Waals surface area contributed by atoms with Crippen molar-refractivity contribution in [2.24, 2.45) is 0 Å². The quantitative estimate of drug-likeness (QED) is 0.801. The number of nitrogens with two attached hydrogens (primary N) is 1. The lowest BCUT2D eigenvalue weighted by atomic mass is 10.1. The number of rotatable bonds is 1. The lowest BCUT2D eigenvalue weighted by Crippen LogP contribution is -2.09. The fraction of sp³-hybridized carbons (Fsp3) is 0.417. The van der Waals surface area contributed by atoms with Gasteiger partial charge in [0.25, 0.3) is 0 Å². The molecule has 2 N–H and O–H groups in total. The summed E-state index contributed by atoms with van der Waals surface area (Å²) >= 11 is 5.76. The number of halogens is 4. The molecule has 104 valence electrons. The summed E-state index contributed by atoms with van der Waals surface area (Å²) in [6.45, 7) is 5.53. The largest absolute Gasteiger partial charge is 0.418 e. The van der Waals surface area contributed by atoms with Gasteiger partial charge in [-0.3, -0.25) is 0 Å². The Morgan fingerprint density at radius 1 is 1.37 bits per heavy atom. The van der Waals surface area contributed by atoms with Gasteiger partial charge in [0.15, 0.2) is 0 Å². The first-order chi connectivity index (χ1) is 8.64. The molecule has 0 amide bonds. The van der Waals surface area contributed by atoms with Gasteiger partial charge in [-0.2, -0.15) is 13.2 Å². The fourth-order valence-corrected chi connectivity index (χ4v) is 2.47. The van der Waals surface area contributed by atoms with E-state index in [4.69, 9.17) is 17.3 Å². The molecule has 0 saturated heterocycles. The van der Waals surface area contributed by atoms with E-state index in [1.54, 1.807) is 11.5 Å². The zero-order valence-corrected chi connectivity index (χ0v) is 11.4. The molecule has 2 rings (SSSR count). The van der Waals surface area contributed by atoms with Gasteiger partial charge in [-0.15, -0.1) is 0 Å². The van der Waals surface area contributed by atoms with Crippen molar-refractivity contribution in [2.45, 2.75) is 33.0 Å². The number of aromatic nitrogens is 2. The number of imidazole rings is 1. The monoisotopic (exact) mass is 291 g/mol. The first-order valence-electron chi connectivity index (χ1n) is 5.68. The molecule has 0 unspecified atom stereocenters. The molecule has 0 aliphatic rings. The molecule has 3 nitrogen and oxygen atoms in total. The highest BCUT2D eigenvalue weighted by molar-refractivity contribution is 6.35. The van der Waals surface area contributed by atoms with Crippen LogP contribution in [0.15, 0.2) is 6.07 Å². The van der Waals surface area contributed by atoms with E-state index in [2.05, 4.69) is 4.98 Å². The SMILES string of the molecule is Cc1nc2cc(C(F)(F)F)c(Cl)c(N)c2n1C(C)C. The molecule has 7 heteroatoms. The van der Waals surface area contributed by atoms with E-state index in [0.29, 0.717) is 11.3 Å².